The highest BCUT2D eigenvalue weighted by Crippen LogP contribution is 2.25. The van der Waals surface area contributed by atoms with Crippen molar-refractivity contribution in [1.82, 2.24) is 4.90 Å². The summed E-state index contributed by atoms with van der Waals surface area (Å²) in [4.78, 5) is 13.9. The number of amides is 1. The fourth-order valence-corrected chi connectivity index (χ4v) is 2.38. The highest BCUT2D eigenvalue weighted by atomic mass is 79.9. The van der Waals surface area contributed by atoms with Crippen molar-refractivity contribution in [2.75, 3.05) is 7.05 Å². The highest BCUT2D eigenvalue weighted by molar-refractivity contribution is 9.10. The lowest BCUT2D eigenvalue weighted by atomic mass is 10.1. The average Bonchev–Trinajstić information content (AvgIpc) is 2.48. The summed E-state index contributed by atoms with van der Waals surface area (Å²) in [6.07, 6.45) is 0. The minimum absolute atomic E-state index is 0.0255. The Morgan fingerprint density at radius 2 is 1.86 bits per heavy atom. The van der Waals surface area contributed by atoms with Crippen molar-refractivity contribution in [2.45, 2.75) is 13.0 Å². The third kappa shape index (κ3) is 3.24. The molecule has 0 radical (unpaired) electrons. The number of carbonyl (C=O) groups is 1. The standard InChI is InChI=1S/C16H15BrFNO2/c1-10(11-6-8-12(20)9-7-11)19(2)16(21)13-4-3-5-14(17)15(13)18/h3-10,20H,1-2H3. The monoisotopic (exact) mass is 351 g/mol. The Kier molecular flexibility index (Phi) is 4.63. The van der Waals surface area contributed by atoms with Gasteiger partial charge in [0.1, 0.15) is 11.6 Å². The zero-order valence-corrected chi connectivity index (χ0v) is 13.3. The van der Waals surface area contributed by atoms with Gasteiger partial charge in [-0.15, -0.1) is 0 Å². The maximum Gasteiger partial charge on any atom is 0.257 e. The molecule has 0 spiro atoms. The van der Waals surface area contributed by atoms with Gasteiger partial charge in [-0.3, -0.25) is 4.79 Å². The Morgan fingerprint density at radius 1 is 1.24 bits per heavy atom. The molecule has 0 aromatic heterocycles. The summed E-state index contributed by atoms with van der Waals surface area (Å²) >= 11 is 3.08. The first kappa shape index (κ1) is 15.5. The predicted octanol–water partition coefficient (Wildman–Crippen LogP) is 4.13. The lowest BCUT2D eigenvalue weighted by Crippen LogP contribution is -2.30. The summed E-state index contributed by atoms with van der Waals surface area (Å²) in [7, 11) is 1.63. The van der Waals surface area contributed by atoms with Gasteiger partial charge in [-0.2, -0.15) is 0 Å². The minimum atomic E-state index is -0.563. The first-order valence-electron chi connectivity index (χ1n) is 6.42. The van der Waals surface area contributed by atoms with Crippen LogP contribution in [0.25, 0.3) is 0 Å². The smallest absolute Gasteiger partial charge is 0.257 e. The molecule has 3 nitrogen and oxygen atoms in total. The van der Waals surface area contributed by atoms with Crippen LogP contribution in [0.1, 0.15) is 28.9 Å². The van der Waals surface area contributed by atoms with Gasteiger partial charge in [0.05, 0.1) is 16.1 Å². The molecule has 2 aromatic rings. The third-order valence-corrected chi connectivity index (χ3v) is 4.07. The van der Waals surface area contributed by atoms with Crippen LogP contribution in [0.15, 0.2) is 46.9 Å². The molecule has 0 bridgehead atoms. The second kappa shape index (κ2) is 6.26. The molecule has 0 aliphatic rings. The Morgan fingerprint density at radius 3 is 2.48 bits per heavy atom. The maximum absolute atomic E-state index is 14.0. The van der Waals surface area contributed by atoms with Gasteiger partial charge in [-0.1, -0.05) is 18.2 Å². The van der Waals surface area contributed by atoms with E-state index in [0.717, 1.165) is 5.56 Å². The van der Waals surface area contributed by atoms with Crippen LogP contribution in [0.2, 0.25) is 0 Å². The number of carbonyl (C=O) groups excluding carboxylic acids is 1. The van der Waals surface area contributed by atoms with E-state index in [1.54, 1.807) is 43.4 Å². The van der Waals surface area contributed by atoms with Crippen LogP contribution in [0.4, 0.5) is 4.39 Å². The molecule has 0 aliphatic heterocycles. The van der Waals surface area contributed by atoms with E-state index >= 15 is 0 Å². The fraction of sp³-hybridized carbons (Fsp3) is 0.188. The maximum atomic E-state index is 14.0. The van der Waals surface area contributed by atoms with Gasteiger partial charge in [0.2, 0.25) is 0 Å². The van der Waals surface area contributed by atoms with E-state index in [9.17, 15) is 14.3 Å². The topological polar surface area (TPSA) is 40.5 Å². The first-order valence-corrected chi connectivity index (χ1v) is 7.21. The van der Waals surface area contributed by atoms with Crippen LogP contribution in [0, 0.1) is 5.82 Å². The molecule has 0 heterocycles. The van der Waals surface area contributed by atoms with Gasteiger partial charge in [-0.25, -0.2) is 4.39 Å². The Balaban J connectivity index is 2.26. The number of hydrogen-bond acceptors (Lipinski definition) is 2. The highest BCUT2D eigenvalue weighted by Gasteiger charge is 2.22. The van der Waals surface area contributed by atoms with Crippen LogP contribution in [-0.2, 0) is 0 Å². The molecule has 2 rings (SSSR count). The predicted molar refractivity (Wildman–Crippen MR) is 82.7 cm³/mol. The molecule has 1 N–H and O–H groups in total. The van der Waals surface area contributed by atoms with E-state index in [0.29, 0.717) is 0 Å². The molecule has 5 heteroatoms. The van der Waals surface area contributed by atoms with Crippen molar-refractivity contribution in [3.05, 3.63) is 63.9 Å². The Hall–Kier alpha value is -1.88. The summed E-state index contributed by atoms with van der Waals surface area (Å²) in [6.45, 7) is 1.85. The normalized spacial score (nSPS) is 12.0. The lowest BCUT2D eigenvalue weighted by molar-refractivity contribution is 0.0737. The Bertz CT molecular complexity index is 658. The van der Waals surface area contributed by atoms with Gasteiger partial charge >= 0.3 is 0 Å². The van der Waals surface area contributed by atoms with Gasteiger partial charge in [-0.05, 0) is 52.7 Å². The molecule has 0 aliphatic carbocycles. The quantitative estimate of drug-likeness (QED) is 0.903. The number of halogens is 2. The van der Waals surface area contributed by atoms with Crippen molar-refractivity contribution >= 4 is 21.8 Å². The molecular weight excluding hydrogens is 337 g/mol. The van der Waals surface area contributed by atoms with Gasteiger partial charge in [0, 0.05) is 7.05 Å². The van der Waals surface area contributed by atoms with E-state index in [1.807, 2.05) is 6.92 Å². The second-order valence-corrected chi connectivity index (χ2v) is 5.64. The largest absolute Gasteiger partial charge is 0.508 e. The van der Waals surface area contributed by atoms with Gasteiger partial charge in [0.25, 0.3) is 5.91 Å². The summed E-state index contributed by atoms with van der Waals surface area (Å²) < 4.78 is 14.3. The number of nitrogens with zero attached hydrogens (tertiary/aromatic N) is 1. The summed E-state index contributed by atoms with van der Waals surface area (Å²) in [6, 6.07) is 11.0. The number of phenolic OH excluding ortho intramolecular Hbond substituents is 1. The van der Waals surface area contributed by atoms with Crippen molar-refractivity contribution in [3.8, 4) is 5.75 Å². The number of phenols is 1. The summed E-state index contributed by atoms with van der Waals surface area (Å²) in [5.41, 5.74) is 0.886. The van der Waals surface area contributed by atoms with E-state index in [-0.39, 0.29) is 21.8 Å². The Labute approximate surface area is 131 Å². The van der Waals surface area contributed by atoms with Crippen molar-refractivity contribution in [3.63, 3.8) is 0 Å². The molecule has 1 atom stereocenters. The van der Waals surface area contributed by atoms with Crippen molar-refractivity contribution < 1.29 is 14.3 Å². The van der Waals surface area contributed by atoms with E-state index in [2.05, 4.69) is 15.9 Å². The van der Waals surface area contributed by atoms with Gasteiger partial charge in [0.15, 0.2) is 0 Å². The minimum Gasteiger partial charge on any atom is -0.508 e. The molecular formula is C16H15BrFNO2. The van der Waals surface area contributed by atoms with Gasteiger partial charge < -0.3 is 10.0 Å². The molecule has 2 aromatic carbocycles. The summed E-state index contributed by atoms with van der Waals surface area (Å²) in [5, 5.41) is 9.30. The van der Waals surface area contributed by atoms with Crippen LogP contribution >= 0.6 is 15.9 Å². The number of aromatic hydroxyl groups is 1. The molecule has 0 fully saturated rings. The van der Waals surface area contributed by atoms with E-state index < -0.39 is 11.7 Å². The number of benzene rings is 2. The number of rotatable bonds is 3. The first-order chi connectivity index (χ1) is 9.91. The zero-order valence-electron chi connectivity index (χ0n) is 11.7. The SMILES string of the molecule is CC(c1ccc(O)cc1)N(C)C(=O)c1cccc(Br)c1F. The molecule has 1 unspecified atom stereocenters. The van der Waals surface area contributed by atoms with Crippen molar-refractivity contribution in [2.24, 2.45) is 0 Å². The molecule has 1 amide bonds. The molecule has 0 saturated heterocycles. The number of hydrogen-bond donors (Lipinski definition) is 1. The van der Waals surface area contributed by atoms with Crippen molar-refractivity contribution in [1.29, 1.82) is 0 Å². The third-order valence-electron chi connectivity index (χ3n) is 3.46. The van der Waals surface area contributed by atoms with Crippen LogP contribution in [-0.4, -0.2) is 23.0 Å². The zero-order chi connectivity index (χ0) is 15.6. The molecule has 21 heavy (non-hydrogen) atoms. The average molecular weight is 352 g/mol. The lowest BCUT2D eigenvalue weighted by Gasteiger charge is -2.25. The molecule has 0 saturated carbocycles. The second-order valence-electron chi connectivity index (χ2n) is 4.78. The van der Waals surface area contributed by atoms with Crippen LogP contribution in [0.5, 0.6) is 5.75 Å². The van der Waals surface area contributed by atoms with E-state index in [4.69, 9.17) is 0 Å². The molecule has 110 valence electrons. The van der Waals surface area contributed by atoms with Crippen LogP contribution < -0.4 is 0 Å². The fourth-order valence-electron chi connectivity index (χ4n) is 2.01. The summed E-state index contributed by atoms with van der Waals surface area (Å²) in [5.74, 6) is -0.792. The van der Waals surface area contributed by atoms with E-state index in [1.165, 1.54) is 11.0 Å². The van der Waals surface area contributed by atoms with Crippen LogP contribution in [0.3, 0.4) is 0 Å².